The normalized spacial score (nSPS) is 13.4. The number of carbonyl (C=O) groups is 1. The van der Waals surface area contributed by atoms with E-state index in [0.29, 0.717) is 11.9 Å². The van der Waals surface area contributed by atoms with Crippen molar-refractivity contribution in [3.8, 4) is 0 Å². The van der Waals surface area contributed by atoms with E-state index in [1.54, 1.807) is 0 Å². The minimum absolute atomic E-state index is 0.0147. The third kappa shape index (κ3) is 5.15. The number of H-pyrrole nitrogens is 1. The minimum atomic E-state index is -5.26. The minimum Gasteiger partial charge on any atom is -0.364 e. The van der Waals surface area contributed by atoms with E-state index in [0.717, 1.165) is 11.8 Å². The number of halogens is 6. The maximum absolute atomic E-state index is 13.2. The monoisotopic (exact) mass is 489 g/mol. The Labute approximate surface area is 191 Å². The van der Waals surface area contributed by atoms with Crippen molar-refractivity contribution in [3.05, 3.63) is 46.8 Å². The Morgan fingerprint density at radius 1 is 0.941 bits per heavy atom. The van der Waals surface area contributed by atoms with Gasteiger partial charge in [0.05, 0.1) is 23.0 Å². The molecule has 0 aliphatic carbocycles. The van der Waals surface area contributed by atoms with Gasteiger partial charge in [0.25, 0.3) is 5.91 Å². The zero-order chi connectivity index (χ0) is 25.9. The third-order valence-corrected chi connectivity index (χ3v) is 4.84. The molecule has 0 aliphatic heterocycles. The summed E-state index contributed by atoms with van der Waals surface area (Å²) in [7, 11) is 0. The first-order chi connectivity index (χ1) is 15.3. The second-order valence-electron chi connectivity index (χ2n) is 10.0. The number of fused-ring (bicyclic) bond motifs is 1. The van der Waals surface area contributed by atoms with Crippen molar-refractivity contribution >= 4 is 23.1 Å². The van der Waals surface area contributed by atoms with Gasteiger partial charge in [0.15, 0.2) is 0 Å². The van der Waals surface area contributed by atoms with Crippen molar-refractivity contribution in [2.45, 2.75) is 64.8 Å². The number of benzene rings is 1. The first-order valence-electron chi connectivity index (χ1n) is 10.3. The Morgan fingerprint density at radius 2 is 1.53 bits per heavy atom. The number of carbonyl (C=O) groups excluding carboxylic acids is 1. The molecular formula is C22H25F6N5O. The maximum Gasteiger partial charge on any atom is 0.417 e. The van der Waals surface area contributed by atoms with Crippen LogP contribution < -0.4 is 10.6 Å². The predicted octanol–water partition coefficient (Wildman–Crippen LogP) is 6.46. The molecule has 186 valence electrons. The van der Waals surface area contributed by atoms with Crippen LogP contribution in [0.3, 0.4) is 0 Å². The van der Waals surface area contributed by atoms with Crippen LogP contribution in [-0.4, -0.2) is 26.0 Å². The fourth-order valence-corrected chi connectivity index (χ4v) is 3.40. The number of aromatic nitrogens is 3. The second-order valence-corrected chi connectivity index (χ2v) is 10.0. The van der Waals surface area contributed by atoms with Gasteiger partial charge in [0.2, 0.25) is 0 Å². The average molecular weight is 489 g/mol. The summed E-state index contributed by atoms with van der Waals surface area (Å²) in [5.74, 6) is -0.213. The Balaban J connectivity index is 2.03. The van der Waals surface area contributed by atoms with Crippen LogP contribution in [0.25, 0.3) is 5.65 Å². The molecule has 2 heterocycles. The zero-order valence-corrected chi connectivity index (χ0v) is 19.4. The van der Waals surface area contributed by atoms with Gasteiger partial charge in [-0.3, -0.25) is 4.79 Å². The summed E-state index contributed by atoms with van der Waals surface area (Å²) >= 11 is 0. The summed E-state index contributed by atoms with van der Waals surface area (Å²) in [6.45, 7) is 11.7. The summed E-state index contributed by atoms with van der Waals surface area (Å²) in [4.78, 5) is 16.0. The molecule has 0 bridgehead atoms. The van der Waals surface area contributed by atoms with E-state index >= 15 is 0 Å². The van der Waals surface area contributed by atoms with Crippen LogP contribution in [0.5, 0.6) is 0 Å². The first kappa shape index (κ1) is 25.4. The van der Waals surface area contributed by atoms with Crippen LogP contribution >= 0.6 is 0 Å². The predicted molar refractivity (Wildman–Crippen MR) is 116 cm³/mol. The molecule has 2 aromatic heterocycles. The molecule has 0 fully saturated rings. The second kappa shape index (κ2) is 7.95. The molecule has 3 rings (SSSR count). The lowest BCUT2D eigenvalue weighted by Crippen LogP contribution is -2.29. The standard InChI is InChI=1S/C22H25F6N5O/c1-19(2,3)15-17(32-20(4,5)6)33-16(31-15)12(10-29-33)18(34)30-11-7-8-13(21(23,24)25)14(9-11)22(26,27)28/h7-10,31-32H,1-6H3,(H,30,34). The number of anilines is 2. The van der Waals surface area contributed by atoms with Crippen LogP contribution in [0.15, 0.2) is 24.4 Å². The van der Waals surface area contributed by atoms with Gasteiger partial charge in [-0.1, -0.05) is 20.8 Å². The Bertz CT molecular complexity index is 1220. The topological polar surface area (TPSA) is 74.2 Å². The van der Waals surface area contributed by atoms with E-state index in [9.17, 15) is 31.1 Å². The molecule has 0 saturated carbocycles. The Kier molecular flexibility index (Phi) is 5.95. The summed E-state index contributed by atoms with van der Waals surface area (Å²) in [5.41, 5.74) is -3.83. The smallest absolute Gasteiger partial charge is 0.364 e. The van der Waals surface area contributed by atoms with Crippen molar-refractivity contribution in [1.82, 2.24) is 14.6 Å². The maximum atomic E-state index is 13.2. The first-order valence-corrected chi connectivity index (χ1v) is 10.3. The quantitative estimate of drug-likeness (QED) is 0.370. The molecule has 0 radical (unpaired) electrons. The number of amides is 1. The van der Waals surface area contributed by atoms with Crippen molar-refractivity contribution in [1.29, 1.82) is 0 Å². The molecule has 3 aromatic rings. The van der Waals surface area contributed by atoms with E-state index in [-0.39, 0.29) is 28.2 Å². The number of aromatic amines is 1. The third-order valence-electron chi connectivity index (χ3n) is 4.84. The van der Waals surface area contributed by atoms with Crippen molar-refractivity contribution in [3.63, 3.8) is 0 Å². The highest BCUT2D eigenvalue weighted by atomic mass is 19.4. The van der Waals surface area contributed by atoms with Crippen LogP contribution in [-0.2, 0) is 17.8 Å². The Morgan fingerprint density at radius 3 is 2.03 bits per heavy atom. The van der Waals surface area contributed by atoms with E-state index < -0.39 is 35.1 Å². The fourth-order valence-electron chi connectivity index (χ4n) is 3.40. The number of hydrogen-bond donors (Lipinski definition) is 3. The van der Waals surface area contributed by atoms with E-state index in [4.69, 9.17) is 0 Å². The van der Waals surface area contributed by atoms with Crippen molar-refractivity contribution < 1.29 is 31.1 Å². The fraction of sp³-hybridized carbons (Fsp3) is 0.455. The molecular weight excluding hydrogens is 464 g/mol. The SMILES string of the molecule is CC(C)(C)Nc1c(C(C)(C)C)[nH]c2c(C(=O)Nc3ccc(C(F)(F)F)c(C(F)(F)F)c3)cnn12. The lowest BCUT2D eigenvalue weighted by Gasteiger charge is -2.25. The largest absolute Gasteiger partial charge is 0.417 e. The number of nitrogens with zero attached hydrogens (tertiary/aromatic N) is 2. The lowest BCUT2D eigenvalue weighted by atomic mass is 9.91. The molecule has 1 aromatic carbocycles. The number of rotatable bonds is 3. The summed E-state index contributed by atoms with van der Waals surface area (Å²) in [6, 6.07) is 1.34. The molecule has 34 heavy (non-hydrogen) atoms. The van der Waals surface area contributed by atoms with Crippen LogP contribution in [0.4, 0.5) is 37.8 Å². The van der Waals surface area contributed by atoms with Gasteiger partial charge in [-0.25, -0.2) is 0 Å². The van der Waals surface area contributed by atoms with Crippen LogP contribution in [0, 0.1) is 0 Å². The van der Waals surface area contributed by atoms with Crippen LogP contribution in [0.2, 0.25) is 0 Å². The van der Waals surface area contributed by atoms with Gasteiger partial charge in [-0.05, 0) is 39.0 Å². The van der Waals surface area contributed by atoms with E-state index in [1.807, 2.05) is 41.5 Å². The van der Waals surface area contributed by atoms with E-state index in [1.165, 1.54) is 10.7 Å². The molecule has 12 heteroatoms. The summed E-state index contributed by atoms with van der Waals surface area (Å²) in [6.07, 6.45) is -9.22. The number of hydrogen-bond acceptors (Lipinski definition) is 3. The number of nitrogens with one attached hydrogen (secondary N) is 3. The van der Waals surface area contributed by atoms with Gasteiger partial charge >= 0.3 is 12.4 Å². The molecule has 1 amide bonds. The molecule has 0 atom stereocenters. The highest BCUT2D eigenvalue weighted by molar-refractivity contribution is 6.08. The van der Waals surface area contributed by atoms with Crippen molar-refractivity contribution in [2.75, 3.05) is 10.6 Å². The highest BCUT2D eigenvalue weighted by Gasteiger charge is 2.43. The molecule has 6 nitrogen and oxygen atoms in total. The van der Waals surface area contributed by atoms with Crippen molar-refractivity contribution in [2.24, 2.45) is 0 Å². The number of imidazole rings is 1. The molecule has 0 saturated heterocycles. The van der Waals surface area contributed by atoms with Gasteiger partial charge < -0.3 is 15.6 Å². The Hall–Kier alpha value is -3.18. The highest BCUT2D eigenvalue weighted by Crippen LogP contribution is 2.41. The van der Waals surface area contributed by atoms with Crippen LogP contribution in [0.1, 0.15) is 68.7 Å². The lowest BCUT2D eigenvalue weighted by molar-refractivity contribution is -0.162. The van der Waals surface area contributed by atoms with Gasteiger partial charge in [-0.2, -0.15) is 36.0 Å². The zero-order valence-electron chi connectivity index (χ0n) is 19.4. The molecule has 0 unspecified atom stereocenters. The summed E-state index contributed by atoms with van der Waals surface area (Å²) < 4.78 is 80.2. The molecule has 0 aliphatic rings. The molecule has 3 N–H and O–H groups in total. The molecule has 0 spiro atoms. The average Bonchev–Trinajstić information content (AvgIpc) is 3.19. The summed E-state index contributed by atoms with van der Waals surface area (Å²) in [5, 5.41) is 9.81. The number of alkyl halides is 6. The van der Waals surface area contributed by atoms with Gasteiger partial charge in [-0.15, -0.1) is 0 Å². The van der Waals surface area contributed by atoms with Gasteiger partial charge in [0, 0.05) is 16.6 Å². The van der Waals surface area contributed by atoms with E-state index in [2.05, 4.69) is 20.7 Å². The van der Waals surface area contributed by atoms with Gasteiger partial charge in [0.1, 0.15) is 17.0 Å².